The number of carbonyl (C=O) groups excluding carboxylic acids is 1. The molecule has 2 atom stereocenters. The Hall–Kier alpha value is -2.48. The predicted octanol–water partition coefficient (Wildman–Crippen LogP) is 1.14. The van der Waals surface area contributed by atoms with Crippen molar-refractivity contribution in [3.63, 3.8) is 0 Å². The zero-order valence-corrected chi connectivity index (χ0v) is 13.2. The fraction of sp³-hybridized carbons (Fsp3) is 0.438. The Balaban J connectivity index is 1.63. The molecule has 24 heavy (non-hydrogen) atoms. The van der Waals surface area contributed by atoms with Crippen molar-refractivity contribution >= 4 is 11.9 Å². The van der Waals surface area contributed by atoms with Crippen LogP contribution in [0.25, 0.3) is 0 Å². The zero-order valence-electron chi connectivity index (χ0n) is 13.2. The van der Waals surface area contributed by atoms with Crippen LogP contribution in [0.4, 0.5) is 10.4 Å². The molecule has 8 heteroatoms. The molecule has 0 saturated carbocycles. The molecular weight excluding hydrogens is 315 g/mol. The maximum atomic E-state index is 13.8. The Labute approximate surface area is 137 Å². The monoisotopic (exact) mass is 332 g/mol. The van der Waals surface area contributed by atoms with Crippen LogP contribution in [0.15, 0.2) is 22.6 Å². The summed E-state index contributed by atoms with van der Waals surface area (Å²) < 4.78 is 24.8. The van der Waals surface area contributed by atoms with Crippen LogP contribution in [-0.4, -0.2) is 47.3 Å². The molecular formula is C16H17FN4O3. The highest BCUT2D eigenvalue weighted by molar-refractivity contribution is 5.94. The van der Waals surface area contributed by atoms with Crippen LogP contribution < -0.4 is 5.73 Å². The van der Waals surface area contributed by atoms with Crippen molar-refractivity contribution in [2.24, 2.45) is 5.92 Å². The average molecular weight is 332 g/mol. The standard InChI is InChI=1S/C16H17FN4O3/c1-9-2-3-10(4-12(9)17)13(22)21-5-11-6-23-8-16(11,7-21)14-19-20-15(18)24-14/h2-4,11H,5-8H2,1H3,(H2,18,20)/t11-,16-/m0/s1. The number of hydrogen-bond donors (Lipinski definition) is 1. The molecule has 1 aromatic carbocycles. The minimum atomic E-state index is -0.538. The van der Waals surface area contributed by atoms with Gasteiger partial charge in [-0.3, -0.25) is 4.79 Å². The SMILES string of the molecule is Cc1ccc(C(=O)N2C[C@H]3COC[C@@]3(c3nnc(N)o3)C2)cc1F. The van der Waals surface area contributed by atoms with Gasteiger partial charge in [0.2, 0.25) is 5.89 Å². The number of ether oxygens (including phenoxy) is 1. The maximum Gasteiger partial charge on any atom is 0.312 e. The first-order valence-corrected chi connectivity index (χ1v) is 7.72. The second kappa shape index (κ2) is 5.27. The van der Waals surface area contributed by atoms with Crippen molar-refractivity contribution in [1.29, 1.82) is 0 Å². The number of hydrogen-bond acceptors (Lipinski definition) is 6. The number of aryl methyl sites for hydroxylation is 1. The summed E-state index contributed by atoms with van der Waals surface area (Å²) in [4.78, 5) is 14.4. The van der Waals surface area contributed by atoms with Gasteiger partial charge in [0.1, 0.15) is 5.82 Å². The number of rotatable bonds is 2. The molecule has 2 saturated heterocycles. The fourth-order valence-corrected chi connectivity index (χ4v) is 3.54. The Kier molecular flexibility index (Phi) is 3.31. The number of nitrogen functional groups attached to an aromatic ring is 1. The van der Waals surface area contributed by atoms with Crippen molar-refractivity contribution in [2.75, 3.05) is 32.0 Å². The van der Waals surface area contributed by atoms with Crippen LogP contribution >= 0.6 is 0 Å². The van der Waals surface area contributed by atoms with E-state index < -0.39 is 5.41 Å². The molecule has 2 aliphatic rings. The van der Waals surface area contributed by atoms with Crippen molar-refractivity contribution in [3.8, 4) is 0 Å². The van der Waals surface area contributed by atoms with E-state index in [4.69, 9.17) is 14.9 Å². The highest BCUT2D eigenvalue weighted by Crippen LogP contribution is 2.43. The smallest absolute Gasteiger partial charge is 0.312 e. The average Bonchev–Trinajstić information content (AvgIpc) is 3.22. The van der Waals surface area contributed by atoms with Gasteiger partial charge >= 0.3 is 6.01 Å². The third kappa shape index (κ3) is 2.17. The summed E-state index contributed by atoms with van der Waals surface area (Å²) in [7, 11) is 0. The Morgan fingerprint density at radius 3 is 3.00 bits per heavy atom. The molecule has 7 nitrogen and oxygen atoms in total. The lowest BCUT2D eigenvalue weighted by atomic mass is 9.81. The van der Waals surface area contributed by atoms with Crippen molar-refractivity contribution in [3.05, 3.63) is 41.0 Å². The lowest BCUT2D eigenvalue weighted by Gasteiger charge is -2.23. The molecule has 0 unspecified atom stereocenters. The minimum Gasteiger partial charge on any atom is -0.407 e. The molecule has 1 aromatic heterocycles. The van der Waals surface area contributed by atoms with Crippen LogP contribution in [0.1, 0.15) is 21.8 Å². The van der Waals surface area contributed by atoms with Crippen LogP contribution in [-0.2, 0) is 10.2 Å². The van der Waals surface area contributed by atoms with Crippen LogP contribution in [0.2, 0.25) is 0 Å². The van der Waals surface area contributed by atoms with Gasteiger partial charge in [-0.05, 0) is 24.6 Å². The fourth-order valence-electron chi connectivity index (χ4n) is 3.54. The topological polar surface area (TPSA) is 94.5 Å². The van der Waals surface area contributed by atoms with Crippen LogP contribution in [0.5, 0.6) is 0 Å². The van der Waals surface area contributed by atoms with Gasteiger partial charge in [-0.25, -0.2) is 4.39 Å². The van der Waals surface area contributed by atoms with Crippen LogP contribution in [0.3, 0.4) is 0 Å². The molecule has 2 aromatic rings. The van der Waals surface area contributed by atoms with Gasteiger partial charge in [0.25, 0.3) is 5.91 Å². The Morgan fingerprint density at radius 1 is 1.46 bits per heavy atom. The first kappa shape index (κ1) is 15.1. The number of aromatic nitrogens is 2. The van der Waals surface area contributed by atoms with E-state index in [9.17, 15) is 9.18 Å². The molecule has 0 spiro atoms. The summed E-state index contributed by atoms with van der Waals surface area (Å²) in [6.07, 6.45) is 0. The Bertz CT molecular complexity index is 808. The number of carbonyl (C=O) groups is 1. The number of anilines is 1. The molecule has 4 rings (SSSR count). The molecule has 0 bridgehead atoms. The summed E-state index contributed by atoms with van der Waals surface area (Å²) in [5.41, 5.74) is 5.84. The van der Waals surface area contributed by atoms with E-state index in [0.717, 1.165) is 0 Å². The molecule has 2 N–H and O–H groups in total. The van der Waals surface area contributed by atoms with Crippen molar-refractivity contribution in [2.45, 2.75) is 12.3 Å². The summed E-state index contributed by atoms with van der Waals surface area (Å²) in [5, 5.41) is 7.72. The number of likely N-dealkylation sites (tertiary alicyclic amines) is 1. The number of fused-ring (bicyclic) bond motifs is 1. The number of nitrogens with two attached hydrogens (primary N) is 1. The van der Waals surface area contributed by atoms with E-state index in [2.05, 4.69) is 10.2 Å². The molecule has 1 amide bonds. The Morgan fingerprint density at radius 2 is 2.29 bits per heavy atom. The highest BCUT2D eigenvalue weighted by Gasteiger charge is 2.56. The minimum absolute atomic E-state index is 0.00425. The molecule has 0 radical (unpaired) electrons. The lowest BCUT2D eigenvalue weighted by molar-refractivity contribution is 0.0738. The number of benzene rings is 1. The largest absolute Gasteiger partial charge is 0.407 e. The van der Waals surface area contributed by atoms with E-state index in [1.54, 1.807) is 24.0 Å². The third-order valence-corrected chi connectivity index (χ3v) is 4.95. The van der Waals surface area contributed by atoms with Gasteiger partial charge in [0.05, 0.1) is 18.6 Å². The molecule has 3 heterocycles. The van der Waals surface area contributed by atoms with E-state index in [1.165, 1.54) is 6.07 Å². The van der Waals surface area contributed by atoms with Gasteiger partial charge in [-0.1, -0.05) is 11.2 Å². The molecule has 126 valence electrons. The molecule has 0 aliphatic carbocycles. The summed E-state index contributed by atoms with van der Waals surface area (Å²) in [5.74, 6) is -0.150. The predicted molar refractivity (Wildman–Crippen MR) is 81.7 cm³/mol. The lowest BCUT2D eigenvalue weighted by Crippen LogP contribution is -2.37. The zero-order chi connectivity index (χ0) is 16.9. The third-order valence-electron chi connectivity index (χ3n) is 4.95. The summed E-state index contributed by atoms with van der Waals surface area (Å²) in [6, 6.07) is 4.52. The number of amides is 1. The summed E-state index contributed by atoms with van der Waals surface area (Å²) in [6.45, 7) is 3.44. The molecule has 2 aliphatic heterocycles. The normalized spacial score (nSPS) is 25.9. The second-order valence-corrected chi connectivity index (χ2v) is 6.46. The van der Waals surface area contributed by atoms with Gasteiger partial charge in [0, 0.05) is 24.6 Å². The van der Waals surface area contributed by atoms with Crippen LogP contribution in [0, 0.1) is 18.7 Å². The first-order valence-electron chi connectivity index (χ1n) is 7.72. The maximum absolute atomic E-state index is 13.8. The quantitative estimate of drug-likeness (QED) is 0.886. The second-order valence-electron chi connectivity index (χ2n) is 6.46. The van der Waals surface area contributed by atoms with Crippen molar-refractivity contribution < 1.29 is 18.3 Å². The highest BCUT2D eigenvalue weighted by atomic mass is 19.1. The van der Waals surface area contributed by atoms with Gasteiger partial charge < -0.3 is 19.8 Å². The van der Waals surface area contributed by atoms with E-state index in [0.29, 0.717) is 43.3 Å². The van der Waals surface area contributed by atoms with Gasteiger partial charge in [-0.15, -0.1) is 5.10 Å². The van der Waals surface area contributed by atoms with E-state index in [-0.39, 0.29) is 23.7 Å². The molecule has 2 fully saturated rings. The summed E-state index contributed by atoms with van der Waals surface area (Å²) >= 11 is 0. The van der Waals surface area contributed by atoms with Gasteiger partial charge in [-0.2, -0.15) is 0 Å². The van der Waals surface area contributed by atoms with Gasteiger partial charge in [0.15, 0.2) is 0 Å². The van der Waals surface area contributed by atoms with E-state index >= 15 is 0 Å². The number of nitrogens with zero attached hydrogens (tertiary/aromatic N) is 3. The number of halogens is 1. The van der Waals surface area contributed by atoms with Crippen molar-refractivity contribution in [1.82, 2.24) is 15.1 Å². The van der Waals surface area contributed by atoms with E-state index in [1.807, 2.05) is 0 Å². The first-order chi connectivity index (χ1) is 11.5.